The van der Waals surface area contributed by atoms with Gasteiger partial charge in [0.15, 0.2) is 5.58 Å². The Hall–Kier alpha value is -2.03. The molecule has 0 aliphatic rings. The minimum Gasteiger partial charge on any atom is -0.493 e. The Bertz CT molecular complexity index is 917. The highest BCUT2D eigenvalue weighted by atomic mass is 32.2. The number of para-hydroxylation sites is 2. The quantitative estimate of drug-likeness (QED) is 0.464. The summed E-state index contributed by atoms with van der Waals surface area (Å²) in [6.45, 7) is 0.461. The van der Waals surface area contributed by atoms with Crippen molar-refractivity contribution in [3.63, 3.8) is 0 Å². The van der Waals surface area contributed by atoms with Crippen LogP contribution in [0.25, 0.3) is 11.1 Å². The van der Waals surface area contributed by atoms with Crippen LogP contribution in [0.5, 0.6) is 5.75 Å². The highest BCUT2D eigenvalue weighted by Crippen LogP contribution is 2.23. The van der Waals surface area contributed by atoms with E-state index in [4.69, 9.17) is 9.15 Å². The number of hydrogen-bond donors (Lipinski definition) is 0. The number of ether oxygens (including phenoxy) is 1. The number of rotatable bonds is 7. The summed E-state index contributed by atoms with van der Waals surface area (Å²) in [5.74, 6) is 1.29. The molecule has 2 aromatic carbocycles. The molecule has 1 heterocycles. The Morgan fingerprint density at radius 1 is 1.12 bits per heavy atom. The van der Waals surface area contributed by atoms with E-state index < -0.39 is 10.0 Å². The first-order chi connectivity index (χ1) is 12.0. The van der Waals surface area contributed by atoms with E-state index in [0.29, 0.717) is 23.3 Å². The molecule has 0 aliphatic carbocycles. The lowest BCUT2D eigenvalue weighted by molar-refractivity contribution is 0.343. The third kappa shape index (κ3) is 4.15. The molecule has 25 heavy (non-hydrogen) atoms. The van der Waals surface area contributed by atoms with Gasteiger partial charge in [0.1, 0.15) is 11.3 Å². The first-order valence-electron chi connectivity index (χ1n) is 7.60. The number of oxazole rings is 1. The molecule has 0 aliphatic heterocycles. The summed E-state index contributed by atoms with van der Waals surface area (Å²) in [6.07, 6.45) is 0. The van der Waals surface area contributed by atoms with Crippen LogP contribution in [-0.4, -0.2) is 44.2 Å². The zero-order chi connectivity index (χ0) is 17.9. The monoisotopic (exact) mass is 378 g/mol. The maximum absolute atomic E-state index is 12.0. The van der Waals surface area contributed by atoms with E-state index in [9.17, 15) is 8.42 Å². The van der Waals surface area contributed by atoms with Crippen molar-refractivity contribution in [2.45, 2.75) is 10.1 Å². The second-order valence-electron chi connectivity index (χ2n) is 5.40. The number of fused-ring (bicyclic) bond motifs is 1. The van der Waals surface area contributed by atoms with Crippen molar-refractivity contribution in [1.82, 2.24) is 9.29 Å². The molecule has 0 bridgehead atoms. The van der Waals surface area contributed by atoms with Gasteiger partial charge in [0.25, 0.3) is 5.22 Å². The molecule has 0 fully saturated rings. The maximum atomic E-state index is 12.0. The van der Waals surface area contributed by atoms with E-state index in [1.54, 1.807) is 24.3 Å². The Kier molecular flexibility index (Phi) is 5.31. The van der Waals surface area contributed by atoms with Crippen molar-refractivity contribution in [1.29, 1.82) is 0 Å². The van der Waals surface area contributed by atoms with Crippen molar-refractivity contribution in [2.75, 3.05) is 26.5 Å². The molecule has 0 atom stereocenters. The van der Waals surface area contributed by atoms with Crippen LogP contribution < -0.4 is 4.74 Å². The van der Waals surface area contributed by atoms with Crippen molar-refractivity contribution in [3.05, 3.63) is 48.5 Å². The fraction of sp³-hybridized carbons (Fsp3) is 0.235. The minimum absolute atomic E-state index is 0.241. The number of nitrogens with zero attached hydrogens (tertiary/aromatic N) is 2. The highest BCUT2D eigenvalue weighted by molar-refractivity contribution is 7.99. The first kappa shape index (κ1) is 17.8. The van der Waals surface area contributed by atoms with E-state index in [2.05, 4.69) is 4.98 Å². The molecule has 0 amide bonds. The summed E-state index contributed by atoms with van der Waals surface area (Å²) in [6, 6.07) is 14.0. The first-order valence-corrected chi connectivity index (χ1v) is 10.0. The third-order valence-corrected chi connectivity index (χ3v) is 6.08. The molecule has 1 aromatic heterocycles. The molecule has 0 N–H and O–H groups in total. The molecule has 0 unspecified atom stereocenters. The van der Waals surface area contributed by atoms with Crippen LogP contribution in [-0.2, 0) is 10.0 Å². The zero-order valence-corrected chi connectivity index (χ0v) is 15.5. The van der Waals surface area contributed by atoms with Gasteiger partial charge in [-0.2, -0.15) is 0 Å². The molecule has 0 saturated carbocycles. The molecule has 132 valence electrons. The molecule has 3 rings (SSSR count). The average Bonchev–Trinajstić information content (AvgIpc) is 3.02. The van der Waals surface area contributed by atoms with E-state index in [0.717, 1.165) is 11.1 Å². The van der Waals surface area contributed by atoms with Crippen LogP contribution in [0.15, 0.2) is 63.1 Å². The van der Waals surface area contributed by atoms with Crippen LogP contribution in [0.4, 0.5) is 0 Å². The SMILES string of the molecule is CN(C)S(=O)(=O)c1ccc(OCCSc2nc3ccccc3o2)cc1. The molecule has 0 saturated heterocycles. The topological polar surface area (TPSA) is 72.6 Å². The van der Waals surface area contributed by atoms with Gasteiger partial charge in [0, 0.05) is 19.8 Å². The normalized spacial score (nSPS) is 12.0. The summed E-state index contributed by atoms with van der Waals surface area (Å²) in [7, 11) is -0.409. The fourth-order valence-electron chi connectivity index (χ4n) is 2.12. The van der Waals surface area contributed by atoms with E-state index in [1.807, 2.05) is 24.3 Å². The number of sulfonamides is 1. The van der Waals surface area contributed by atoms with Gasteiger partial charge in [0.05, 0.1) is 11.5 Å². The molecule has 6 nitrogen and oxygen atoms in total. The van der Waals surface area contributed by atoms with Gasteiger partial charge in [-0.3, -0.25) is 0 Å². The molecule has 0 spiro atoms. The maximum Gasteiger partial charge on any atom is 0.256 e. The van der Waals surface area contributed by atoms with Gasteiger partial charge in [-0.05, 0) is 36.4 Å². The van der Waals surface area contributed by atoms with Crippen molar-refractivity contribution >= 4 is 32.9 Å². The summed E-state index contributed by atoms with van der Waals surface area (Å²) >= 11 is 1.47. The van der Waals surface area contributed by atoms with Crippen LogP contribution >= 0.6 is 11.8 Å². The molecule has 3 aromatic rings. The molecular formula is C17H18N2O4S2. The van der Waals surface area contributed by atoms with Crippen LogP contribution in [0, 0.1) is 0 Å². The largest absolute Gasteiger partial charge is 0.493 e. The number of aromatic nitrogens is 1. The fourth-order valence-corrected chi connectivity index (χ4v) is 3.67. The van der Waals surface area contributed by atoms with Gasteiger partial charge in [-0.15, -0.1) is 0 Å². The summed E-state index contributed by atoms with van der Waals surface area (Å²) in [5, 5.41) is 0.609. The standard InChI is InChI=1S/C17H18N2O4S2/c1-19(2)25(20,21)14-9-7-13(8-10-14)22-11-12-24-17-18-15-5-3-4-6-16(15)23-17/h3-10H,11-12H2,1-2H3. The lowest BCUT2D eigenvalue weighted by Crippen LogP contribution is -2.22. The Morgan fingerprint density at radius 3 is 2.52 bits per heavy atom. The Labute approximate surface area is 150 Å². The number of benzene rings is 2. The summed E-state index contributed by atoms with van der Waals surface area (Å²) < 4.78 is 36.4. The van der Waals surface area contributed by atoms with Gasteiger partial charge < -0.3 is 9.15 Å². The lowest BCUT2D eigenvalue weighted by Gasteiger charge is -2.12. The number of thioether (sulfide) groups is 1. The molecule has 0 radical (unpaired) electrons. The van der Waals surface area contributed by atoms with Crippen LogP contribution in [0.1, 0.15) is 0 Å². The highest BCUT2D eigenvalue weighted by Gasteiger charge is 2.16. The predicted octanol–water partition coefficient (Wildman–Crippen LogP) is 3.25. The van der Waals surface area contributed by atoms with Crippen molar-refractivity contribution in [2.24, 2.45) is 0 Å². The van der Waals surface area contributed by atoms with Gasteiger partial charge in [-0.25, -0.2) is 17.7 Å². The second kappa shape index (κ2) is 7.47. The Morgan fingerprint density at radius 2 is 1.84 bits per heavy atom. The number of hydrogen-bond acceptors (Lipinski definition) is 6. The zero-order valence-electron chi connectivity index (χ0n) is 13.9. The Balaban J connectivity index is 1.52. The van der Waals surface area contributed by atoms with Crippen molar-refractivity contribution < 1.29 is 17.6 Å². The van der Waals surface area contributed by atoms with Crippen LogP contribution in [0.2, 0.25) is 0 Å². The van der Waals surface area contributed by atoms with Gasteiger partial charge >= 0.3 is 0 Å². The van der Waals surface area contributed by atoms with E-state index >= 15 is 0 Å². The van der Waals surface area contributed by atoms with Crippen LogP contribution in [0.3, 0.4) is 0 Å². The summed E-state index contributed by atoms with van der Waals surface area (Å²) in [5.41, 5.74) is 1.60. The summed E-state index contributed by atoms with van der Waals surface area (Å²) in [4.78, 5) is 4.62. The second-order valence-corrected chi connectivity index (χ2v) is 8.60. The molecule has 8 heteroatoms. The van der Waals surface area contributed by atoms with E-state index in [1.165, 1.54) is 30.2 Å². The van der Waals surface area contributed by atoms with Gasteiger partial charge in [0.2, 0.25) is 10.0 Å². The third-order valence-electron chi connectivity index (χ3n) is 3.45. The lowest BCUT2D eigenvalue weighted by atomic mass is 10.3. The predicted molar refractivity (Wildman–Crippen MR) is 97.5 cm³/mol. The minimum atomic E-state index is -3.41. The smallest absolute Gasteiger partial charge is 0.256 e. The molecular weight excluding hydrogens is 360 g/mol. The average molecular weight is 378 g/mol. The van der Waals surface area contributed by atoms with Crippen molar-refractivity contribution in [3.8, 4) is 5.75 Å². The van der Waals surface area contributed by atoms with Gasteiger partial charge in [-0.1, -0.05) is 23.9 Å². The van der Waals surface area contributed by atoms with E-state index in [-0.39, 0.29) is 4.90 Å².